The standard InChI is InChI=1S/C35H40F2N2O5/c1-6-8-9-10-11-28(26-21-30(42-5)31(43-7-2)22-34(26,3)4)44-29-17-16-25(20-27(29)37)39-33(41)35(18-19-35)32(40)38-24-14-12-23(36)13-15-24/h9-17,20-21H,6-8,18-19,22H2,1-5H3,(H,38,40)(H,39,41)/b10-9+,28-11+. The van der Waals surface area contributed by atoms with Crippen molar-refractivity contribution in [2.75, 3.05) is 24.4 Å². The van der Waals surface area contributed by atoms with Crippen molar-refractivity contribution in [2.45, 2.75) is 59.8 Å². The Bertz CT molecular complexity index is 1500. The second-order valence-corrected chi connectivity index (χ2v) is 11.5. The average molecular weight is 607 g/mol. The van der Waals surface area contributed by atoms with Crippen molar-refractivity contribution in [2.24, 2.45) is 10.8 Å². The number of carbonyl (C=O) groups excluding carboxylic acids is 2. The molecular weight excluding hydrogens is 566 g/mol. The minimum absolute atomic E-state index is 0.0245. The Labute approximate surface area is 257 Å². The number of hydrogen-bond donors (Lipinski definition) is 2. The molecule has 0 heterocycles. The maximum atomic E-state index is 15.5. The molecule has 0 aromatic heterocycles. The van der Waals surface area contributed by atoms with Crippen molar-refractivity contribution in [1.82, 2.24) is 0 Å². The molecule has 0 saturated heterocycles. The Morgan fingerprint density at radius 3 is 2.23 bits per heavy atom. The molecule has 0 radical (unpaired) electrons. The lowest BCUT2D eigenvalue weighted by Crippen LogP contribution is -2.35. The van der Waals surface area contributed by atoms with Gasteiger partial charge in [-0.1, -0.05) is 39.3 Å². The maximum absolute atomic E-state index is 15.5. The fourth-order valence-electron chi connectivity index (χ4n) is 4.96. The highest BCUT2D eigenvalue weighted by Crippen LogP contribution is 2.48. The normalized spacial score (nSPS) is 17.2. The molecule has 2 aromatic rings. The van der Waals surface area contributed by atoms with Crippen LogP contribution in [0.15, 0.2) is 89.6 Å². The zero-order chi connectivity index (χ0) is 31.9. The molecule has 7 nitrogen and oxygen atoms in total. The minimum atomic E-state index is -1.27. The van der Waals surface area contributed by atoms with E-state index in [0.717, 1.165) is 24.2 Å². The molecule has 1 fully saturated rings. The van der Waals surface area contributed by atoms with Crippen LogP contribution in [0.3, 0.4) is 0 Å². The number of anilines is 2. The van der Waals surface area contributed by atoms with Crippen LogP contribution in [0.2, 0.25) is 0 Å². The topological polar surface area (TPSA) is 85.9 Å². The molecule has 2 amide bonds. The first-order chi connectivity index (χ1) is 21.0. The lowest BCUT2D eigenvalue weighted by Gasteiger charge is -2.34. The Morgan fingerprint density at radius 1 is 0.977 bits per heavy atom. The number of ether oxygens (including phenoxy) is 3. The second-order valence-electron chi connectivity index (χ2n) is 11.5. The molecule has 4 rings (SSSR count). The zero-order valence-electron chi connectivity index (χ0n) is 25.9. The zero-order valence-corrected chi connectivity index (χ0v) is 25.9. The van der Waals surface area contributed by atoms with Crippen molar-refractivity contribution >= 4 is 23.2 Å². The van der Waals surface area contributed by atoms with E-state index in [2.05, 4.69) is 31.4 Å². The molecule has 44 heavy (non-hydrogen) atoms. The molecule has 0 unspecified atom stereocenters. The van der Waals surface area contributed by atoms with Gasteiger partial charge in [0.25, 0.3) is 0 Å². The van der Waals surface area contributed by atoms with Crippen LogP contribution in [0.5, 0.6) is 5.75 Å². The van der Waals surface area contributed by atoms with E-state index in [-0.39, 0.29) is 11.4 Å². The van der Waals surface area contributed by atoms with Gasteiger partial charge in [-0.2, -0.15) is 0 Å². The largest absolute Gasteiger partial charge is 0.494 e. The summed E-state index contributed by atoms with van der Waals surface area (Å²) in [4.78, 5) is 26.0. The van der Waals surface area contributed by atoms with Crippen LogP contribution < -0.4 is 15.4 Å². The van der Waals surface area contributed by atoms with E-state index in [4.69, 9.17) is 14.2 Å². The number of carbonyl (C=O) groups is 2. The van der Waals surface area contributed by atoms with Gasteiger partial charge in [-0.25, -0.2) is 8.78 Å². The first-order valence-corrected chi connectivity index (χ1v) is 14.9. The van der Waals surface area contributed by atoms with Gasteiger partial charge < -0.3 is 24.8 Å². The number of hydrogen-bond acceptors (Lipinski definition) is 5. The fourth-order valence-corrected chi connectivity index (χ4v) is 4.96. The predicted molar refractivity (Wildman–Crippen MR) is 167 cm³/mol. The average Bonchev–Trinajstić information content (AvgIpc) is 3.80. The molecule has 0 aliphatic heterocycles. The van der Waals surface area contributed by atoms with E-state index in [0.29, 0.717) is 43.1 Å². The van der Waals surface area contributed by atoms with Crippen molar-refractivity contribution in [3.05, 3.63) is 101 Å². The van der Waals surface area contributed by atoms with Gasteiger partial charge >= 0.3 is 0 Å². The van der Waals surface area contributed by atoms with E-state index in [9.17, 15) is 14.0 Å². The van der Waals surface area contributed by atoms with Crippen molar-refractivity contribution in [3.8, 4) is 5.75 Å². The van der Waals surface area contributed by atoms with Crippen LogP contribution in [-0.4, -0.2) is 25.5 Å². The lowest BCUT2D eigenvalue weighted by atomic mass is 9.76. The van der Waals surface area contributed by atoms with Crippen molar-refractivity contribution in [3.63, 3.8) is 0 Å². The number of rotatable bonds is 13. The SMILES string of the molecule is CCC/C=C/C=C(/Oc1ccc(NC(=O)C2(C(=O)Nc3ccc(F)cc3)CC2)cc1F)C1=CC(OC)=C(OCC)CC1(C)C. The molecule has 1 saturated carbocycles. The predicted octanol–water partition coefficient (Wildman–Crippen LogP) is 8.19. The van der Waals surface area contributed by atoms with Gasteiger partial charge in [0.2, 0.25) is 11.8 Å². The number of benzene rings is 2. The van der Waals surface area contributed by atoms with Crippen LogP contribution in [0.4, 0.5) is 20.2 Å². The quantitative estimate of drug-likeness (QED) is 0.136. The van der Waals surface area contributed by atoms with Gasteiger partial charge in [-0.3, -0.25) is 9.59 Å². The van der Waals surface area contributed by atoms with Gasteiger partial charge in [-0.05, 0) is 74.7 Å². The van der Waals surface area contributed by atoms with Gasteiger partial charge in [0.1, 0.15) is 22.8 Å². The Kier molecular flexibility index (Phi) is 10.3. The summed E-state index contributed by atoms with van der Waals surface area (Å²) in [5.74, 6) is -0.379. The third-order valence-electron chi connectivity index (χ3n) is 7.66. The second kappa shape index (κ2) is 13.9. The summed E-state index contributed by atoms with van der Waals surface area (Å²) in [5.41, 5.74) is -0.285. The van der Waals surface area contributed by atoms with E-state index in [1.807, 2.05) is 31.2 Å². The summed E-state index contributed by atoms with van der Waals surface area (Å²) in [6, 6.07) is 9.44. The molecule has 2 aliphatic rings. The van der Waals surface area contributed by atoms with Crippen molar-refractivity contribution in [1.29, 1.82) is 0 Å². The van der Waals surface area contributed by atoms with E-state index < -0.39 is 34.3 Å². The van der Waals surface area contributed by atoms with E-state index >= 15 is 4.39 Å². The van der Waals surface area contributed by atoms with Crippen molar-refractivity contribution < 1.29 is 32.6 Å². The molecule has 0 spiro atoms. The third kappa shape index (κ3) is 7.56. The minimum Gasteiger partial charge on any atom is -0.494 e. The third-order valence-corrected chi connectivity index (χ3v) is 7.66. The van der Waals surface area contributed by atoms with Gasteiger partial charge in [-0.15, -0.1) is 0 Å². The molecular formula is C35H40F2N2O5. The summed E-state index contributed by atoms with van der Waals surface area (Å²) >= 11 is 0. The Hall–Kier alpha value is -4.40. The molecule has 2 aromatic carbocycles. The smallest absolute Gasteiger partial charge is 0.240 e. The van der Waals surface area contributed by atoms with Gasteiger partial charge in [0, 0.05) is 34.9 Å². The van der Waals surface area contributed by atoms with E-state index in [1.54, 1.807) is 7.11 Å². The number of methoxy groups -OCH3 is 1. The highest BCUT2D eigenvalue weighted by atomic mass is 19.1. The summed E-state index contributed by atoms with van der Waals surface area (Å²) < 4.78 is 46.3. The number of nitrogens with one attached hydrogen (secondary N) is 2. The fraction of sp³-hybridized carbons (Fsp3) is 0.371. The van der Waals surface area contributed by atoms with Crippen LogP contribution in [-0.2, 0) is 19.1 Å². The number of unbranched alkanes of at least 4 members (excludes halogenated alkanes) is 1. The monoisotopic (exact) mass is 606 g/mol. The highest BCUT2D eigenvalue weighted by Gasteiger charge is 2.56. The number of allylic oxidation sites excluding steroid dienone is 6. The number of amides is 2. The van der Waals surface area contributed by atoms with Crippen LogP contribution >= 0.6 is 0 Å². The molecule has 0 bridgehead atoms. The maximum Gasteiger partial charge on any atom is 0.240 e. The summed E-state index contributed by atoms with van der Waals surface area (Å²) in [6.45, 7) is 8.64. The molecule has 0 atom stereocenters. The van der Waals surface area contributed by atoms with Crippen LogP contribution in [0, 0.1) is 22.5 Å². The Balaban J connectivity index is 1.54. The van der Waals surface area contributed by atoms with Gasteiger partial charge in [0.05, 0.1) is 13.7 Å². The summed E-state index contributed by atoms with van der Waals surface area (Å²) in [6.07, 6.45) is 10.7. The lowest BCUT2D eigenvalue weighted by molar-refractivity contribution is -0.131. The molecule has 9 heteroatoms. The van der Waals surface area contributed by atoms with E-state index in [1.165, 1.54) is 42.5 Å². The Morgan fingerprint density at radius 2 is 1.64 bits per heavy atom. The van der Waals surface area contributed by atoms with Gasteiger partial charge in [0.15, 0.2) is 17.3 Å². The summed E-state index contributed by atoms with van der Waals surface area (Å²) in [5, 5.41) is 5.33. The summed E-state index contributed by atoms with van der Waals surface area (Å²) in [7, 11) is 1.58. The molecule has 2 aliphatic carbocycles. The molecule has 234 valence electrons. The first kappa shape index (κ1) is 32.5. The van der Waals surface area contributed by atoms with Crippen LogP contribution in [0.1, 0.15) is 59.8 Å². The first-order valence-electron chi connectivity index (χ1n) is 14.9. The van der Waals surface area contributed by atoms with Crippen LogP contribution in [0.25, 0.3) is 0 Å². The highest BCUT2D eigenvalue weighted by molar-refractivity contribution is 6.16. The number of halogens is 2. The molecule has 2 N–H and O–H groups in total.